The van der Waals surface area contributed by atoms with Gasteiger partial charge in [-0.3, -0.25) is 0 Å². The molecule has 0 saturated heterocycles. The van der Waals surface area contributed by atoms with Crippen molar-refractivity contribution in [2.75, 3.05) is 0 Å². The van der Waals surface area contributed by atoms with Crippen molar-refractivity contribution in [3.05, 3.63) is 231 Å². The van der Waals surface area contributed by atoms with Crippen LogP contribution in [0.5, 0.6) is 0 Å². The van der Waals surface area contributed by atoms with Crippen LogP contribution in [0.1, 0.15) is 0 Å². The van der Waals surface area contributed by atoms with Gasteiger partial charge < -0.3 is 0 Å². The van der Waals surface area contributed by atoms with E-state index in [1.54, 1.807) is 0 Å². The van der Waals surface area contributed by atoms with E-state index in [1.807, 2.05) is 24.3 Å². The summed E-state index contributed by atoms with van der Waals surface area (Å²) in [5.74, 6) is 0. The van der Waals surface area contributed by atoms with Gasteiger partial charge in [-0.15, -0.1) is 0 Å². The van der Waals surface area contributed by atoms with Crippen molar-refractivity contribution < 1.29 is 0 Å². The van der Waals surface area contributed by atoms with Gasteiger partial charge >= 0.3 is 0 Å². The van der Waals surface area contributed by atoms with Crippen LogP contribution in [0.4, 0.5) is 0 Å². The number of fused-ring (bicyclic) bond motifs is 2. The second-order valence-corrected chi connectivity index (χ2v) is 12.2. The molecule has 0 bridgehead atoms. The van der Waals surface area contributed by atoms with Gasteiger partial charge in [-0.25, -0.2) is 0 Å². The molecule has 0 N–H and O–H groups in total. The Labute approximate surface area is 295 Å². The molecule has 0 saturated carbocycles. The van der Waals surface area contributed by atoms with Crippen LogP contribution in [0.15, 0.2) is 231 Å². The highest BCUT2D eigenvalue weighted by atomic mass is 14.1. The summed E-state index contributed by atoms with van der Waals surface area (Å²) in [4.78, 5) is 0. The van der Waals surface area contributed by atoms with Crippen molar-refractivity contribution in [1.29, 1.82) is 0 Å². The normalized spacial score (nSPS) is 10.4. The fourth-order valence-electron chi connectivity index (χ4n) is 6.15. The Morgan fingerprint density at radius 2 is 0.420 bits per heavy atom. The molecule has 0 spiro atoms. The van der Waals surface area contributed by atoms with Crippen molar-refractivity contribution in [2.45, 2.75) is 0 Å². The lowest BCUT2D eigenvalue weighted by Gasteiger charge is -2.08. The molecule has 9 aromatic rings. The zero-order chi connectivity index (χ0) is 33.8. The quantitative estimate of drug-likeness (QED) is 0.168. The van der Waals surface area contributed by atoms with Gasteiger partial charge in [0, 0.05) is 0 Å². The van der Waals surface area contributed by atoms with Crippen molar-refractivity contribution in [1.82, 2.24) is 0 Å². The van der Waals surface area contributed by atoms with E-state index in [1.165, 1.54) is 66.1 Å². The summed E-state index contributed by atoms with van der Waals surface area (Å²) >= 11 is 0. The molecule has 0 nitrogen and oxygen atoms in total. The SMILES string of the molecule is c1ccc(-c2cccc(-c3ccc4cc5ccccc5cc4c3)c2)cc1.c1ccc(-c2ccccc2)cc1.c1ccc(-c2ccccc2)cc1. The summed E-state index contributed by atoms with van der Waals surface area (Å²) in [5.41, 5.74) is 10.1. The van der Waals surface area contributed by atoms with Crippen molar-refractivity contribution in [3.8, 4) is 44.5 Å². The topological polar surface area (TPSA) is 0 Å². The number of hydrogen-bond acceptors (Lipinski definition) is 0. The lowest BCUT2D eigenvalue weighted by atomic mass is 9.96. The highest BCUT2D eigenvalue weighted by molar-refractivity contribution is 5.99. The van der Waals surface area contributed by atoms with Crippen LogP contribution in [0.3, 0.4) is 0 Å². The Morgan fingerprint density at radius 1 is 0.140 bits per heavy atom. The summed E-state index contributed by atoms with van der Waals surface area (Å²) in [7, 11) is 0. The molecule has 0 atom stereocenters. The first-order valence-corrected chi connectivity index (χ1v) is 17.1. The molecule has 0 fully saturated rings. The smallest absolute Gasteiger partial charge is 0.0171 e. The Balaban J connectivity index is 0.000000135. The van der Waals surface area contributed by atoms with Gasteiger partial charge in [0.25, 0.3) is 0 Å². The van der Waals surface area contributed by atoms with Crippen molar-refractivity contribution in [2.24, 2.45) is 0 Å². The summed E-state index contributed by atoms with van der Waals surface area (Å²) in [6, 6.07) is 80.7. The molecular formula is C50H38. The number of hydrogen-bond donors (Lipinski definition) is 0. The molecule has 9 rings (SSSR count). The lowest BCUT2D eigenvalue weighted by Crippen LogP contribution is -1.82. The first-order chi connectivity index (χ1) is 24.8. The molecular weight excluding hydrogens is 601 g/mol. The molecule has 238 valence electrons. The van der Waals surface area contributed by atoms with Crippen LogP contribution in [-0.2, 0) is 0 Å². The minimum atomic E-state index is 1.25. The van der Waals surface area contributed by atoms with Crippen LogP contribution >= 0.6 is 0 Å². The van der Waals surface area contributed by atoms with E-state index in [9.17, 15) is 0 Å². The van der Waals surface area contributed by atoms with Crippen molar-refractivity contribution >= 4 is 21.5 Å². The van der Waals surface area contributed by atoms with Gasteiger partial charge in [-0.2, -0.15) is 0 Å². The van der Waals surface area contributed by atoms with E-state index in [2.05, 4.69) is 206 Å². The molecule has 0 unspecified atom stereocenters. The van der Waals surface area contributed by atoms with Gasteiger partial charge in [-0.05, 0) is 90.3 Å². The maximum Gasteiger partial charge on any atom is -0.0171 e. The Hall–Kier alpha value is -6.50. The van der Waals surface area contributed by atoms with Crippen LogP contribution in [0.25, 0.3) is 66.1 Å². The van der Waals surface area contributed by atoms with Gasteiger partial charge in [-0.1, -0.05) is 206 Å². The Bertz CT molecular complexity index is 2230. The Morgan fingerprint density at radius 3 is 0.840 bits per heavy atom. The van der Waals surface area contributed by atoms with Crippen molar-refractivity contribution in [3.63, 3.8) is 0 Å². The van der Waals surface area contributed by atoms with E-state index >= 15 is 0 Å². The van der Waals surface area contributed by atoms with Gasteiger partial charge in [0.15, 0.2) is 0 Å². The van der Waals surface area contributed by atoms with E-state index in [0.29, 0.717) is 0 Å². The second-order valence-electron chi connectivity index (χ2n) is 12.2. The molecule has 0 heteroatoms. The monoisotopic (exact) mass is 638 g/mol. The maximum absolute atomic E-state index is 2.30. The standard InChI is InChI=1S/C26H18.2C12H10/c1-2-7-19(8-3-1)20-11-6-12-23(15-20)24-13-14-25-16-21-9-4-5-10-22(21)17-26(25)18-24;2*1-3-7-11(8-4-1)12-9-5-2-6-10-12/h1-18H;2*1-10H. The fraction of sp³-hybridized carbons (Fsp3) is 0. The zero-order valence-electron chi connectivity index (χ0n) is 27.9. The molecule has 0 amide bonds. The second kappa shape index (κ2) is 16.1. The molecule has 0 aliphatic heterocycles. The zero-order valence-corrected chi connectivity index (χ0v) is 27.9. The average molecular weight is 639 g/mol. The van der Waals surface area contributed by atoms with Gasteiger partial charge in [0.2, 0.25) is 0 Å². The molecule has 0 aromatic heterocycles. The molecule has 0 heterocycles. The van der Waals surface area contributed by atoms with Gasteiger partial charge in [0.05, 0.1) is 0 Å². The number of rotatable bonds is 4. The third kappa shape index (κ3) is 8.13. The van der Waals surface area contributed by atoms with Gasteiger partial charge in [0.1, 0.15) is 0 Å². The Kier molecular flexibility index (Phi) is 10.3. The van der Waals surface area contributed by atoms with E-state index < -0.39 is 0 Å². The van der Waals surface area contributed by atoms with E-state index in [4.69, 9.17) is 0 Å². The van der Waals surface area contributed by atoms with E-state index in [0.717, 1.165) is 0 Å². The van der Waals surface area contributed by atoms with Crippen LogP contribution in [0, 0.1) is 0 Å². The predicted molar refractivity (Wildman–Crippen MR) is 216 cm³/mol. The molecule has 50 heavy (non-hydrogen) atoms. The first kappa shape index (κ1) is 32.1. The third-order valence-electron chi connectivity index (χ3n) is 8.77. The summed E-state index contributed by atoms with van der Waals surface area (Å²) in [6.45, 7) is 0. The summed E-state index contributed by atoms with van der Waals surface area (Å²) < 4.78 is 0. The minimum absolute atomic E-state index is 1.25. The average Bonchev–Trinajstić information content (AvgIpc) is 3.22. The molecule has 9 aromatic carbocycles. The van der Waals surface area contributed by atoms with E-state index in [-0.39, 0.29) is 0 Å². The number of benzene rings is 9. The first-order valence-electron chi connectivity index (χ1n) is 17.1. The summed E-state index contributed by atoms with van der Waals surface area (Å²) in [5, 5.41) is 5.15. The maximum atomic E-state index is 2.30. The third-order valence-corrected chi connectivity index (χ3v) is 8.77. The largest absolute Gasteiger partial charge is 0.0622 e. The highest BCUT2D eigenvalue weighted by Crippen LogP contribution is 2.30. The van der Waals surface area contributed by atoms with Crippen LogP contribution in [-0.4, -0.2) is 0 Å². The highest BCUT2D eigenvalue weighted by Gasteiger charge is 2.04. The fourth-order valence-corrected chi connectivity index (χ4v) is 6.15. The molecule has 0 radical (unpaired) electrons. The molecule has 0 aliphatic rings. The van der Waals surface area contributed by atoms with Crippen LogP contribution in [0.2, 0.25) is 0 Å². The predicted octanol–water partition coefficient (Wildman–Crippen LogP) is 14.0. The van der Waals surface area contributed by atoms with Crippen LogP contribution < -0.4 is 0 Å². The summed E-state index contributed by atoms with van der Waals surface area (Å²) in [6.07, 6.45) is 0. The minimum Gasteiger partial charge on any atom is -0.0622 e. The molecule has 0 aliphatic carbocycles. The lowest BCUT2D eigenvalue weighted by molar-refractivity contribution is 1.60.